The number of nitrogens with one attached hydrogen (secondary N) is 1. The van der Waals surface area contributed by atoms with Gasteiger partial charge in [0.2, 0.25) is 0 Å². The highest BCUT2D eigenvalue weighted by molar-refractivity contribution is 6.34. The van der Waals surface area contributed by atoms with Crippen LogP contribution in [0.2, 0.25) is 5.02 Å². The summed E-state index contributed by atoms with van der Waals surface area (Å²) in [6.45, 7) is 6.62. The van der Waals surface area contributed by atoms with Gasteiger partial charge in [-0.1, -0.05) is 23.7 Å². The zero-order valence-electron chi connectivity index (χ0n) is 11.4. The summed E-state index contributed by atoms with van der Waals surface area (Å²) >= 11 is 6.16. The standard InChI is InChI=1S/C13H19ClN4O/c1-4-16-12(15)17-13(19)18(5-2)11-9(3)7-6-8-10(11)14/h6-8H,4-5H2,1-3H3,(H3,15,16,17,19). The number of benzene rings is 1. The van der Waals surface area contributed by atoms with Gasteiger partial charge >= 0.3 is 6.03 Å². The lowest BCUT2D eigenvalue weighted by Gasteiger charge is -2.24. The number of hydrogen-bond acceptors (Lipinski definition) is 2. The molecule has 0 fully saturated rings. The van der Waals surface area contributed by atoms with Crippen LogP contribution < -0.4 is 16.0 Å². The Labute approximate surface area is 118 Å². The molecule has 3 N–H and O–H groups in total. The van der Waals surface area contributed by atoms with E-state index in [4.69, 9.17) is 17.3 Å². The number of hydrogen-bond donors (Lipinski definition) is 2. The molecular formula is C13H19ClN4O. The highest BCUT2D eigenvalue weighted by atomic mass is 35.5. The number of carbonyl (C=O) groups is 1. The lowest BCUT2D eigenvalue weighted by molar-refractivity contribution is 0.250. The summed E-state index contributed by atoms with van der Waals surface area (Å²) in [6.07, 6.45) is 0. The second-order valence-electron chi connectivity index (χ2n) is 3.94. The quantitative estimate of drug-likeness (QED) is 0.660. The molecule has 1 rings (SSSR count). The van der Waals surface area contributed by atoms with Crippen molar-refractivity contribution in [3.05, 3.63) is 28.8 Å². The van der Waals surface area contributed by atoms with Gasteiger partial charge in [0.25, 0.3) is 0 Å². The minimum absolute atomic E-state index is 0.107. The fraction of sp³-hybridized carbons (Fsp3) is 0.385. The molecule has 0 aromatic heterocycles. The Morgan fingerprint density at radius 3 is 2.68 bits per heavy atom. The topological polar surface area (TPSA) is 70.7 Å². The molecule has 0 saturated heterocycles. The van der Waals surface area contributed by atoms with Gasteiger partial charge in [0.15, 0.2) is 5.96 Å². The lowest BCUT2D eigenvalue weighted by atomic mass is 10.2. The van der Waals surface area contributed by atoms with Gasteiger partial charge in [-0.15, -0.1) is 0 Å². The number of urea groups is 1. The summed E-state index contributed by atoms with van der Waals surface area (Å²) in [7, 11) is 0. The molecule has 1 aromatic carbocycles. The molecule has 104 valence electrons. The largest absolute Gasteiger partial charge is 0.370 e. The second-order valence-corrected chi connectivity index (χ2v) is 4.35. The smallest absolute Gasteiger partial charge is 0.328 e. The molecule has 6 heteroatoms. The molecular weight excluding hydrogens is 264 g/mol. The summed E-state index contributed by atoms with van der Waals surface area (Å²) in [5.74, 6) is 0.107. The number of amides is 2. The molecule has 0 radical (unpaired) electrons. The maximum absolute atomic E-state index is 12.2. The molecule has 5 nitrogen and oxygen atoms in total. The van der Waals surface area contributed by atoms with E-state index in [1.807, 2.05) is 32.9 Å². The van der Waals surface area contributed by atoms with E-state index < -0.39 is 0 Å². The van der Waals surface area contributed by atoms with E-state index in [0.717, 1.165) is 5.56 Å². The lowest BCUT2D eigenvalue weighted by Crippen LogP contribution is -2.46. The van der Waals surface area contributed by atoms with E-state index in [9.17, 15) is 4.79 Å². The van der Waals surface area contributed by atoms with Crippen molar-refractivity contribution in [3.8, 4) is 0 Å². The van der Waals surface area contributed by atoms with Crippen molar-refractivity contribution in [3.63, 3.8) is 0 Å². The van der Waals surface area contributed by atoms with E-state index in [1.54, 1.807) is 6.07 Å². The predicted octanol–water partition coefficient (Wildman–Crippen LogP) is 2.52. The predicted molar refractivity (Wildman–Crippen MR) is 79.9 cm³/mol. The van der Waals surface area contributed by atoms with Gasteiger partial charge in [0.05, 0.1) is 10.7 Å². The molecule has 0 aliphatic carbocycles. The van der Waals surface area contributed by atoms with Gasteiger partial charge in [0.1, 0.15) is 0 Å². The number of anilines is 1. The summed E-state index contributed by atoms with van der Waals surface area (Å²) in [6, 6.07) is 5.16. The molecule has 0 unspecified atom stereocenters. The molecule has 0 bridgehead atoms. The summed E-state index contributed by atoms with van der Waals surface area (Å²) < 4.78 is 0. The number of halogens is 1. The average molecular weight is 283 g/mol. The van der Waals surface area contributed by atoms with Crippen LogP contribution in [0.15, 0.2) is 23.2 Å². The van der Waals surface area contributed by atoms with Crippen molar-refractivity contribution in [2.24, 2.45) is 10.7 Å². The van der Waals surface area contributed by atoms with E-state index in [1.165, 1.54) is 4.90 Å². The Morgan fingerprint density at radius 1 is 1.47 bits per heavy atom. The monoisotopic (exact) mass is 282 g/mol. The van der Waals surface area contributed by atoms with Gasteiger partial charge < -0.3 is 5.73 Å². The van der Waals surface area contributed by atoms with Gasteiger partial charge in [-0.25, -0.2) is 4.79 Å². The van der Waals surface area contributed by atoms with E-state index in [2.05, 4.69) is 10.3 Å². The molecule has 0 heterocycles. The number of guanidine groups is 1. The third kappa shape index (κ3) is 3.86. The molecule has 0 saturated carbocycles. The first-order valence-electron chi connectivity index (χ1n) is 6.14. The molecule has 0 spiro atoms. The number of nitrogens with two attached hydrogens (primary N) is 1. The minimum atomic E-state index is -0.339. The first-order chi connectivity index (χ1) is 9.01. The highest BCUT2D eigenvalue weighted by Gasteiger charge is 2.18. The van der Waals surface area contributed by atoms with Crippen LogP contribution in [0.3, 0.4) is 0 Å². The summed E-state index contributed by atoms with van der Waals surface area (Å²) in [5.41, 5.74) is 7.20. The van der Waals surface area contributed by atoms with Crippen LogP contribution in [-0.2, 0) is 0 Å². The molecule has 0 atom stereocenters. The van der Waals surface area contributed by atoms with Crippen molar-refractivity contribution in [2.45, 2.75) is 20.8 Å². The number of aliphatic imine (C=N–C) groups is 1. The molecule has 19 heavy (non-hydrogen) atoms. The summed E-state index contributed by atoms with van der Waals surface area (Å²) in [5, 5.41) is 3.07. The number of carbonyl (C=O) groups excluding carboxylic acids is 1. The van der Waals surface area contributed by atoms with Crippen molar-refractivity contribution in [1.29, 1.82) is 0 Å². The van der Waals surface area contributed by atoms with Crippen LogP contribution >= 0.6 is 11.6 Å². The van der Waals surface area contributed by atoms with Crippen LogP contribution in [0.4, 0.5) is 10.5 Å². The molecule has 0 aliphatic heterocycles. The van der Waals surface area contributed by atoms with Crippen LogP contribution in [0.5, 0.6) is 0 Å². The van der Waals surface area contributed by atoms with Crippen LogP contribution in [0, 0.1) is 6.92 Å². The second kappa shape index (κ2) is 6.99. The molecule has 1 aromatic rings. The Hall–Kier alpha value is -1.75. The SMILES string of the molecule is CCN=C(N)NC(=O)N(CC)c1c(C)cccc1Cl. The van der Waals surface area contributed by atoms with Crippen molar-refractivity contribution in [2.75, 3.05) is 18.0 Å². The number of para-hydroxylation sites is 1. The Morgan fingerprint density at radius 2 is 2.16 bits per heavy atom. The van der Waals surface area contributed by atoms with Crippen molar-refractivity contribution in [1.82, 2.24) is 5.32 Å². The Balaban J connectivity index is 3.01. The van der Waals surface area contributed by atoms with Crippen molar-refractivity contribution < 1.29 is 4.79 Å². The van der Waals surface area contributed by atoms with Crippen LogP contribution in [0.1, 0.15) is 19.4 Å². The van der Waals surface area contributed by atoms with Crippen LogP contribution in [-0.4, -0.2) is 25.1 Å². The summed E-state index contributed by atoms with van der Waals surface area (Å²) in [4.78, 5) is 17.6. The van der Waals surface area contributed by atoms with E-state index in [0.29, 0.717) is 23.8 Å². The maximum Gasteiger partial charge on any atom is 0.328 e. The third-order valence-electron chi connectivity index (χ3n) is 2.58. The molecule has 2 amide bonds. The fourth-order valence-corrected chi connectivity index (χ4v) is 2.08. The average Bonchev–Trinajstić information content (AvgIpc) is 2.34. The highest BCUT2D eigenvalue weighted by Crippen LogP contribution is 2.29. The zero-order chi connectivity index (χ0) is 14.4. The Kier molecular flexibility index (Phi) is 5.63. The third-order valence-corrected chi connectivity index (χ3v) is 2.89. The van der Waals surface area contributed by atoms with Crippen molar-refractivity contribution >= 4 is 29.3 Å². The zero-order valence-corrected chi connectivity index (χ0v) is 12.2. The fourth-order valence-electron chi connectivity index (χ4n) is 1.76. The number of aryl methyl sites for hydroxylation is 1. The van der Waals surface area contributed by atoms with Gasteiger partial charge in [-0.05, 0) is 32.4 Å². The maximum atomic E-state index is 12.2. The Bertz CT molecular complexity index is 467. The number of rotatable bonds is 3. The van der Waals surface area contributed by atoms with Crippen LogP contribution in [0.25, 0.3) is 0 Å². The van der Waals surface area contributed by atoms with E-state index in [-0.39, 0.29) is 12.0 Å². The van der Waals surface area contributed by atoms with Gasteiger partial charge in [0, 0.05) is 13.1 Å². The van der Waals surface area contributed by atoms with Gasteiger partial charge in [-0.2, -0.15) is 0 Å². The first-order valence-corrected chi connectivity index (χ1v) is 6.52. The van der Waals surface area contributed by atoms with Gasteiger partial charge in [-0.3, -0.25) is 15.2 Å². The number of nitrogens with zero attached hydrogens (tertiary/aromatic N) is 2. The first kappa shape index (κ1) is 15.3. The van der Waals surface area contributed by atoms with E-state index >= 15 is 0 Å². The minimum Gasteiger partial charge on any atom is -0.370 e. The normalized spacial score (nSPS) is 11.3. The molecule has 0 aliphatic rings.